The Labute approximate surface area is 97.2 Å². The van der Waals surface area contributed by atoms with Crippen LogP contribution in [0.4, 0.5) is 0 Å². The van der Waals surface area contributed by atoms with Crippen LogP contribution in [-0.2, 0) is 4.74 Å². The predicted octanol–water partition coefficient (Wildman–Crippen LogP) is 2.16. The van der Waals surface area contributed by atoms with Gasteiger partial charge in [0.05, 0.1) is 6.61 Å². The first-order chi connectivity index (χ1) is 7.77. The number of hydrogen-bond acceptors (Lipinski definition) is 3. The lowest BCUT2D eigenvalue weighted by Crippen LogP contribution is -2.35. The van der Waals surface area contributed by atoms with Gasteiger partial charge in [-0.05, 0) is 24.0 Å². The number of nitrogens with zero attached hydrogens (tertiary/aromatic N) is 1. The van der Waals surface area contributed by atoms with Crippen LogP contribution in [0.25, 0.3) is 0 Å². The molecule has 3 heteroatoms. The summed E-state index contributed by atoms with van der Waals surface area (Å²) in [4.78, 5) is 4.19. The van der Waals surface area contributed by atoms with Crippen molar-refractivity contribution in [3.63, 3.8) is 0 Å². The fourth-order valence-electron chi connectivity index (χ4n) is 2.15. The third-order valence-electron chi connectivity index (χ3n) is 3.06. The number of aromatic nitrogens is 1. The minimum absolute atomic E-state index is 0.375. The second kappa shape index (κ2) is 5.41. The third-order valence-corrected chi connectivity index (χ3v) is 3.06. The Morgan fingerprint density at radius 2 is 2.38 bits per heavy atom. The lowest BCUT2D eigenvalue weighted by molar-refractivity contribution is 0.186. The molecule has 0 saturated carbocycles. The fourth-order valence-corrected chi connectivity index (χ4v) is 2.15. The van der Waals surface area contributed by atoms with Crippen LogP contribution in [-0.4, -0.2) is 24.2 Å². The van der Waals surface area contributed by atoms with Crippen LogP contribution >= 0.6 is 0 Å². The number of rotatable bonds is 4. The van der Waals surface area contributed by atoms with Crippen molar-refractivity contribution in [2.75, 3.05) is 13.2 Å². The van der Waals surface area contributed by atoms with E-state index in [1.54, 1.807) is 0 Å². The first-order valence-electron chi connectivity index (χ1n) is 6.01. The van der Waals surface area contributed by atoms with Crippen molar-refractivity contribution in [1.29, 1.82) is 0 Å². The van der Waals surface area contributed by atoms with Gasteiger partial charge in [0.1, 0.15) is 0 Å². The number of nitrogens with one attached hydrogen (secondary N) is 1. The second-order valence-corrected chi connectivity index (χ2v) is 4.74. The smallest absolute Gasteiger partial charge is 0.0620 e. The molecule has 16 heavy (non-hydrogen) atoms. The Kier molecular flexibility index (Phi) is 3.91. The molecular formula is C13H20N2O. The van der Waals surface area contributed by atoms with E-state index in [1.165, 1.54) is 5.56 Å². The molecule has 0 spiro atoms. The average Bonchev–Trinajstić information content (AvgIpc) is 2.79. The Hall–Kier alpha value is -0.930. The van der Waals surface area contributed by atoms with E-state index in [1.807, 2.05) is 18.5 Å². The van der Waals surface area contributed by atoms with Crippen LogP contribution in [0.5, 0.6) is 0 Å². The van der Waals surface area contributed by atoms with Crippen LogP contribution < -0.4 is 5.32 Å². The molecule has 0 radical (unpaired) electrons. The van der Waals surface area contributed by atoms with Crippen LogP contribution in [0.1, 0.15) is 31.9 Å². The normalized spacial score (nSPS) is 22.6. The summed E-state index contributed by atoms with van der Waals surface area (Å²) < 4.78 is 5.40. The molecule has 1 N–H and O–H groups in total. The maximum atomic E-state index is 5.40. The molecule has 1 aliphatic rings. The van der Waals surface area contributed by atoms with Gasteiger partial charge in [0, 0.05) is 31.1 Å². The largest absolute Gasteiger partial charge is 0.380 e. The average molecular weight is 220 g/mol. The summed E-state index contributed by atoms with van der Waals surface area (Å²) in [6.45, 7) is 6.19. The van der Waals surface area contributed by atoms with E-state index >= 15 is 0 Å². The maximum Gasteiger partial charge on any atom is 0.0620 e. The first-order valence-corrected chi connectivity index (χ1v) is 6.01. The van der Waals surface area contributed by atoms with Gasteiger partial charge in [0.25, 0.3) is 0 Å². The van der Waals surface area contributed by atoms with Crippen molar-refractivity contribution in [3.05, 3.63) is 30.1 Å². The molecule has 0 aromatic carbocycles. The lowest BCUT2D eigenvalue weighted by Gasteiger charge is -2.25. The molecule has 1 aromatic heterocycles. The van der Waals surface area contributed by atoms with E-state index in [0.29, 0.717) is 18.0 Å². The molecule has 3 nitrogen and oxygen atoms in total. The summed E-state index contributed by atoms with van der Waals surface area (Å²) >= 11 is 0. The third kappa shape index (κ3) is 2.80. The monoisotopic (exact) mass is 220 g/mol. The Morgan fingerprint density at radius 3 is 2.94 bits per heavy atom. The fraction of sp³-hybridized carbons (Fsp3) is 0.615. The molecular weight excluding hydrogens is 200 g/mol. The van der Waals surface area contributed by atoms with Gasteiger partial charge in [-0.2, -0.15) is 0 Å². The van der Waals surface area contributed by atoms with Gasteiger partial charge in [0.15, 0.2) is 0 Å². The predicted molar refractivity (Wildman–Crippen MR) is 64.2 cm³/mol. The zero-order valence-electron chi connectivity index (χ0n) is 10.0. The molecule has 2 atom stereocenters. The minimum atomic E-state index is 0.375. The van der Waals surface area contributed by atoms with Gasteiger partial charge in [-0.25, -0.2) is 0 Å². The Bertz CT molecular complexity index is 307. The van der Waals surface area contributed by atoms with E-state index in [4.69, 9.17) is 4.74 Å². The standard InChI is InChI=1S/C13H20N2O/c1-10(2)13(11-4-3-6-14-8-11)15-12-5-7-16-9-12/h3-4,6,8,10,12-13,15H,5,7,9H2,1-2H3. The molecule has 2 heterocycles. The van der Waals surface area contributed by atoms with Crippen LogP contribution in [0.15, 0.2) is 24.5 Å². The number of ether oxygens (including phenoxy) is 1. The van der Waals surface area contributed by atoms with Crippen molar-refractivity contribution in [1.82, 2.24) is 10.3 Å². The summed E-state index contributed by atoms with van der Waals surface area (Å²) in [5.41, 5.74) is 1.27. The Balaban J connectivity index is 2.05. The molecule has 88 valence electrons. The maximum absolute atomic E-state index is 5.40. The zero-order valence-corrected chi connectivity index (χ0v) is 10.0. The summed E-state index contributed by atoms with van der Waals surface area (Å²) in [7, 11) is 0. The highest BCUT2D eigenvalue weighted by atomic mass is 16.5. The van der Waals surface area contributed by atoms with E-state index < -0.39 is 0 Å². The molecule has 1 aromatic rings. The van der Waals surface area contributed by atoms with Crippen molar-refractivity contribution in [2.45, 2.75) is 32.4 Å². The first kappa shape index (κ1) is 11.6. The van der Waals surface area contributed by atoms with Crippen LogP contribution in [0.2, 0.25) is 0 Å². The topological polar surface area (TPSA) is 34.1 Å². The highest BCUT2D eigenvalue weighted by Crippen LogP contribution is 2.22. The van der Waals surface area contributed by atoms with Gasteiger partial charge in [-0.3, -0.25) is 4.98 Å². The number of pyridine rings is 1. The van der Waals surface area contributed by atoms with E-state index in [0.717, 1.165) is 19.6 Å². The zero-order chi connectivity index (χ0) is 11.4. The highest BCUT2D eigenvalue weighted by molar-refractivity contribution is 5.14. The molecule has 0 amide bonds. The molecule has 1 saturated heterocycles. The molecule has 2 rings (SSSR count). The van der Waals surface area contributed by atoms with Gasteiger partial charge in [-0.1, -0.05) is 19.9 Å². The molecule has 0 bridgehead atoms. The van der Waals surface area contributed by atoms with Gasteiger partial charge in [0.2, 0.25) is 0 Å². The summed E-state index contributed by atoms with van der Waals surface area (Å²) in [5, 5.41) is 3.67. The SMILES string of the molecule is CC(C)C(NC1CCOC1)c1cccnc1. The van der Waals surface area contributed by atoms with E-state index in [-0.39, 0.29) is 0 Å². The highest BCUT2D eigenvalue weighted by Gasteiger charge is 2.22. The Morgan fingerprint density at radius 1 is 1.50 bits per heavy atom. The summed E-state index contributed by atoms with van der Waals surface area (Å²) in [6.07, 6.45) is 4.89. The molecule has 1 fully saturated rings. The van der Waals surface area contributed by atoms with Crippen LogP contribution in [0, 0.1) is 5.92 Å². The molecule has 1 aliphatic heterocycles. The molecule has 2 unspecified atom stereocenters. The van der Waals surface area contributed by atoms with E-state index in [9.17, 15) is 0 Å². The molecule has 0 aliphatic carbocycles. The van der Waals surface area contributed by atoms with Gasteiger partial charge >= 0.3 is 0 Å². The second-order valence-electron chi connectivity index (χ2n) is 4.74. The van der Waals surface area contributed by atoms with Crippen molar-refractivity contribution < 1.29 is 4.74 Å². The van der Waals surface area contributed by atoms with Crippen LogP contribution in [0.3, 0.4) is 0 Å². The van der Waals surface area contributed by atoms with Crippen molar-refractivity contribution in [2.24, 2.45) is 5.92 Å². The van der Waals surface area contributed by atoms with Gasteiger partial charge in [-0.15, -0.1) is 0 Å². The number of hydrogen-bond donors (Lipinski definition) is 1. The van der Waals surface area contributed by atoms with Crippen molar-refractivity contribution in [3.8, 4) is 0 Å². The van der Waals surface area contributed by atoms with Crippen molar-refractivity contribution >= 4 is 0 Å². The van der Waals surface area contributed by atoms with Gasteiger partial charge < -0.3 is 10.1 Å². The summed E-state index contributed by atoms with van der Waals surface area (Å²) in [6, 6.07) is 5.01. The lowest BCUT2D eigenvalue weighted by atomic mass is 9.96. The van der Waals surface area contributed by atoms with E-state index in [2.05, 4.69) is 30.2 Å². The minimum Gasteiger partial charge on any atom is -0.380 e. The summed E-state index contributed by atoms with van der Waals surface area (Å²) in [5.74, 6) is 0.560. The quantitative estimate of drug-likeness (QED) is 0.844.